The smallest absolute Gasteiger partial charge is 0.310 e. The van der Waals surface area contributed by atoms with Gasteiger partial charge in [-0.1, -0.05) is 97.8 Å². The molecular formula is C27H50O4. The van der Waals surface area contributed by atoms with Gasteiger partial charge in [0.25, 0.3) is 0 Å². The number of hydrogen-bond acceptors (Lipinski definition) is 3. The Kier molecular flexibility index (Phi) is 15.8. The summed E-state index contributed by atoms with van der Waals surface area (Å²) < 4.78 is 5.96. The molecule has 4 heteroatoms. The fourth-order valence-corrected chi connectivity index (χ4v) is 4.83. The number of carbonyl (C=O) groups excluding carboxylic acids is 1. The number of unbranched alkanes of at least 4 members (excludes halogenated alkanes) is 9. The molecule has 1 rings (SSSR count). The van der Waals surface area contributed by atoms with Gasteiger partial charge in [-0.3, -0.25) is 9.59 Å². The Labute approximate surface area is 191 Å². The molecule has 1 saturated carbocycles. The first-order valence-corrected chi connectivity index (χ1v) is 13.4. The van der Waals surface area contributed by atoms with Crippen LogP contribution in [0.1, 0.15) is 136 Å². The standard InChI is InChI=1S/C27H50O4/c1-4-5-6-7-10-13-18-23(19-14-11-8-9-12-17-22(2)3)31-27(30)25-21-16-15-20-24(25)26(28)29/h22-25H,4-21H2,1-3H3,(H,28,29). The van der Waals surface area contributed by atoms with Gasteiger partial charge in [0, 0.05) is 0 Å². The first kappa shape index (κ1) is 28.0. The molecule has 0 aromatic heterocycles. The highest BCUT2D eigenvalue weighted by molar-refractivity contribution is 5.81. The van der Waals surface area contributed by atoms with Crippen LogP contribution in [-0.2, 0) is 14.3 Å². The van der Waals surface area contributed by atoms with Crippen molar-refractivity contribution in [1.29, 1.82) is 0 Å². The van der Waals surface area contributed by atoms with Gasteiger partial charge in [0.05, 0.1) is 11.8 Å². The van der Waals surface area contributed by atoms with Crippen molar-refractivity contribution < 1.29 is 19.4 Å². The fourth-order valence-electron chi connectivity index (χ4n) is 4.83. The molecule has 0 amide bonds. The molecule has 0 aliphatic heterocycles. The van der Waals surface area contributed by atoms with Gasteiger partial charge in [0.2, 0.25) is 0 Å². The first-order chi connectivity index (χ1) is 15.0. The van der Waals surface area contributed by atoms with Crippen LogP contribution in [0.5, 0.6) is 0 Å². The Hall–Kier alpha value is -1.06. The number of aliphatic carboxylic acids is 1. The molecule has 0 aromatic rings. The van der Waals surface area contributed by atoms with Crippen molar-refractivity contribution in [2.24, 2.45) is 17.8 Å². The number of esters is 1. The van der Waals surface area contributed by atoms with E-state index < -0.39 is 17.8 Å². The van der Waals surface area contributed by atoms with Crippen molar-refractivity contribution in [2.75, 3.05) is 0 Å². The molecule has 3 unspecified atom stereocenters. The SMILES string of the molecule is CCCCCCCCC(CCCCCCCC(C)C)OC(=O)C1CCCCC1C(=O)O. The third kappa shape index (κ3) is 13.2. The van der Waals surface area contributed by atoms with E-state index in [1.165, 1.54) is 64.2 Å². The van der Waals surface area contributed by atoms with Gasteiger partial charge >= 0.3 is 11.9 Å². The summed E-state index contributed by atoms with van der Waals surface area (Å²) in [6, 6.07) is 0. The largest absolute Gasteiger partial charge is 0.481 e. The topological polar surface area (TPSA) is 63.6 Å². The molecule has 1 fully saturated rings. The van der Waals surface area contributed by atoms with Gasteiger partial charge in [0.1, 0.15) is 6.10 Å². The van der Waals surface area contributed by atoms with Crippen molar-refractivity contribution in [3.05, 3.63) is 0 Å². The van der Waals surface area contributed by atoms with Crippen molar-refractivity contribution in [3.63, 3.8) is 0 Å². The number of carboxylic acid groups (broad SMARTS) is 1. The van der Waals surface area contributed by atoms with Crippen LogP contribution in [0.15, 0.2) is 0 Å². The van der Waals surface area contributed by atoms with E-state index in [2.05, 4.69) is 20.8 Å². The van der Waals surface area contributed by atoms with Gasteiger partial charge in [-0.15, -0.1) is 0 Å². The van der Waals surface area contributed by atoms with Crippen LogP contribution in [0, 0.1) is 17.8 Å². The highest BCUT2D eigenvalue weighted by atomic mass is 16.5. The molecule has 0 heterocycles. The zero-order valence-electron chi connectivity index (χ0n) is 20.7. The maximum atomic E-state index is 12.8. The lowest BCUT2D eigenvalue weighted by atomic mass is 9.79. The van der Waals surface area contributed by atoms with Crippen molar-refractivity contribution >= 4 is 11.9 Å². The van der Waals surface area contributed by atoms with Gasteiger partial charge in [-0.2, -0.15) is 0 Å². The van der Waals surface area contributed by atoms with Gasteiger partial charge in [-0.05, 0) is 44.4 Å². The monoisotopic (exact) mass is 438 g/mol. The Morgan fingerprint density at radius 1 is 0.774 bits per heavy atom. The molecule has 1 aliphatic rings. The molecule has 31 heavy (non-hydrogen) atoms. The third-order valence-electron chi connectivity index (χ3n) is 6.86. The van der Waals surface area contributed by atoms with E-state index in [0.717, 1.165) is 44.4 Å². The molecule has 3 atom stereocenters. The molecular weight excluding hydrogens is 388 g/mol. The number of ether oxygens (including phenoxy) is 1. The second kappa shape index (κ2) is 17.5. The molecule has 0 bridgehead atoms. The minimum Gasteiger partial charge on any atom is -0.481 e. The van der Waals surface area contributed by atoms with Crippen LogP contribution in [-0.4, -0.2) is 23.1 Å². The predicted molar refractivity (Wildman–Crippen MR) is 128 cm³/mol. The molecule has 182 valence electrons. The lowest BCUT2D eigenvalue weighted by Gasteiger charge is -2.29. The highest BCUT2D eigenvalue weighted by Crippen LogP contribution is 2.32. The van der Waals surface area contributed by atoms with E-state index >= 15 is 0 Å². The van der Waals surface area contributed by atoms with Crippen LogP contribution in [0.3, 0.4) is 0 Å². The Balaban J connectivity index is 2.44. The predicted octanol–water partition coefficient (Wildman–Crippen LogP) is 7.93. The number of hydrogen-bond donors (Lipinski definition) is 1. The minimum absolute atomic E-state index is 0.0364. The molecule has 4 nitrogen and oxygen atoms in total. The van der Waals surface area contributed by atoms with Crippen LogP contribution in [0.25, 0.3) is 0 Å². The fraction of sp³-hybridized carbons (Fsp3) is 0.926. The zero-order valence-corrected chi connectivity index (χ0v) is 20.7. The number of carboxylic acids is 1. The second-order valence-corrected chi connectivity index (χ2v) is 10.2. The normalized spacial score (nSPS) is 20.0. The van der Waals surface area contributed by atoms with E-state index in [1.807, 2.05) is 0 Å². The maximum Gasteiger partial charge on any atom is 0.310 e. The summed E-state index contributed by atoms with van der Waals surface area (Å²) in [4.78, 5) is 24.4. The Morgan fingerprint density at radius 3 is 1.77 bits per heavy atom. The average molecular weight is 439 g/mol. The van der Waals surface area contributed by atoms with Crippen LogP contribution in [0.4, 0.5) is 0 Å². The molecule has 1 N–H and O–H groups in total. The summed E-state index contributed by atoms with van der Waals surface area (Å²) in [5.41, 5.74) is 0. The third-order valence-corrected chi connectivity index (χ3v) is 6.86. The van der Waals surface area contributed by atoms with E-state index in [9.17, 15) is 14.7 Å². The molecule has 0 saturated heterocycles. The van der Waals surface area contributed by atoms with Gasteiger partial charge < -0.3 is 9.84 Å². The molecule has 0 radical (unpaired) electrons. The minimum atomic E-state index is -0.837. The Bertz CT molecular complexity index is 474. The second-order valence-electron chi connectivity index (χ2n) is 10.2. The summed E-state index contributed by atoms with van der Waals surface area (Å²) in [5.74, 6) is -1.31. The van der Waals surface area contributed by atoms with Crippen LogP contribution >= 0.6 is 0 Å². The van der Waals surface area contributed by atoms with Crippen molar-refractivity contribution in [2.45, 2.75) is 142 Å². The Morgan fingerprint density at radius 2 is 1.26 bits per heavy atom. The van der Waals surface area contributed by atoms with Crippen LogP contribution < -0.4 is 0 Å². The van der Waals surface area contributed by atoms with Crippen molar-refractivity contribution in [3.8, 4) is 0 Å². The quantitative estimate of drug-likeness (QED) is 0.174. The highest BCUT2D eigenvalue weighted by Gasteiger charge is 2.37. The van der Waals surface area contributed by atoms with E-state index in [0.29, 0.717) is 12.8 Å². The van der Waals surface area contributed by atoms with E-state index in [1.54, 1.807) is 0 Å². The van der Waals surface area contributed by atoms with Gasteiger partial charge in [0.15, 0.2) is 0 Å². The molecule has 0 aromatic carbocycles. The summed E-state index contributed by atoms with van der Waals surface area (Å²) in [7, 11) is 0. The van der Waals surface area contributed by atoms with E-state index in [-0.39, 0.29) is 12.1 Å². The first-order valence-electron chi connectivity index (χ1n) is 13.4. The van der Waals surface area contributed by atoms with Gasteiger partial charge in [-0.25, -0.2) is 0 Å². The van der Waals surface area contributed by atoms with Crippen LogP contribution in [0.2, 0.25) is 0 Å². The zero-order chi connectivity index (χ0) is 22.9. The van der Waals surface area contributed by atoms with Crippen molar-refractivity contribution in [1.82, 2.24) is 0 Å². The maximum absolute atomic E-state index is 12.8. The molecule has 1 aliphatic carbocycles. The summed E-state index contributed by atoms with van der Waals surface area (Å²) in [5, 5.41) is 9.51. The number of carbonyl (C=O) groups is 2. The lowest BCUT2D eigenvalue weighted by molar-refractivity contribution is -0.164. The summed E-state index contributed by atoms with van der Waals surface area (Å²) >= 11 is 0. The summed E-state index contributed by atoms with van der Waals surface area (Å²) in [6.45, 7) is 6.79. The number of rotatable bonds is 18. The molecule has 0 spiro atoms. The average Bonchev–Trinajstić information content (AvgIpc) is 2.74. The summed E-state index contributed by atoms with van der Waals surface area (Å²) in [6.07, 6.45) is 19.8. The van der Waals surface area contributed by atoms with E-state index in [4.69, 9.17) is 4.74 Å². The lowest BCUT2D eigenvalue weighted by Crippen LogP contribution is -2.35.